The molecule has 0 aliphatic carbocycles. The summed E-state index contributed by atoms with van der Waals surface area (Å²) in [6, 6.07) is 0. The quantitative estimate of drug-likeness (QED) is 0.0248. The molecule has 396 valence electrons. The summed E-state index contributed by atoms with van der Waals surface area (Å²) in [6.45, 7) is 15.2. The SMILES string of the molecule is CCCCCCCCCCCCCCOC(=O)CCCCCCCC(=O)OCC(COC(=O)CCC(OCCCCCCCC)OCCCCCCCC)COC(=O)OCCCN(CC)CC. The van der Waals surface area contributed by atoms with E-state index in [0.717, 1.165) is 83.8 Å². The first-order valence-electron chi connectivity index (χ1n) is 28.0. The molecule has 0 aliphatic heterocycles. The van der Waals surface area contributed by atoms with Gasteiger partial charge in [-0.25, -0.2) is 4.79 Å². The highest BCUT2D eigenvalue weighted by Crippen LogP contribution is 2.15. The Bertz CT molecular complexity index is 1090. The van der Waals surface area contributed by atoms with Crippen LogP contribution in [0.15, 0.2) is 0 Å². The Hall–Kier alpha value is -2.44. The molecule has 0 N–H and O–H groups in total. The number of ether oxygens (including phenoxy) is 7. The van der Waals surface area contributed by atoms with Gasteiger partial charge in [0.1, 0.15) is 19.8 Å². The van der Waals surface area contributed by atoms with Crippen LogP contribution in [0, 0.1) is 5.92 Å². The average Bonchev–Trinajstić information content (AvgIpc) is 3.33. The number of nitrogens with zero attached hydrogens (tertiary/aromatic N) is 1. The number of carbonyl (C=O) groups is 4. The number of esters is 3. The van der Waals surface area contributed by atoms with Gasteiger partial charge in [-0.05, 0) is 51.6 Å². The largest absolute Gasteiger partial charge is 0.508 e. The Morgan fingerprint density at radius 2 is 0.716 bits per heavy atom. The highest BCUT2D eigenvalue weighted by Gasteiger charge is 2.20. The van der Waals surface area contributed by atoms with Crippen LogP contribution in [-0.2, 0) is 47.5 Å². The van der Waals surface area contributed by atoms with Gasteiger partial charge in [0.25, 0.3) is 0 Å². The van der Waals surface area contributed by atoms with E-state index in [4.69, 9.17) is 33.2 Å². The van der Waals surface area contributed by atoms with Gasteiger partial charge in [0, 0.05) is 39.0 Å². The molecular weight excluding hydrogens is 851 g/mol. The van der Waals surface area contributed by atoms with Crippen molar-refractivity contribution in [1.29, 1.82) is 0 Å². The normalized spacial score (nSPS) is 11.9. The molecule has 0 bridgehead atoms. The van der Waals surface area contributed by atoms with Crippen LogP contribution >= 0.6 is 0 Å². The highest BCUT2D eigenvalue weighted by molar-refractivity contribution is 5.70. The van der Waals surface area contributed by atoms with Crippen LogP contribution in [0.4, 0.5) is 4.79 Å². The Morgan fingerprint density at radius 1 is 0.358 bits per heavy atom. The first-order valence-corrected chi connectivity index (χ1v) is 28.0. The van der Waals surface area contributed by atoms with E-state index >= 15 is 0 Å². The maximum atomic E-state index is 13.0. The lowest BCUT2D eigenvalue weighted by molar-refractivity contribution is -0.161. The van der Waals surface area contributed by atoms with Crippen molar-refractivity contribution in [2.45, 2.75) is 259 Å². The fourth-order valence-electron chi connectivity index (χ4n) is 7.84. The Morgan fingerprint density at radius 3 is 1.16 bits per heavy atom. The highest BCUT2D eigenvalue weighted by atomic mass is 16.7. The van der Waals surface area contributed by atoms with Gasteiger partial charge in [0.05, 0.1) is 25.6 Å². The average molecular weight is 956 g/mol. The molecule has 67 heavy (non-hydrogen) atoms. The Kier molecular flexibility index (Phi) is 49.5. The van der Waals surface area contributed by atoms with Gasteiger partial charge < -0.3 is 38.1 Å². The smallest absolute Gasteiger partial charge is 0.466 e. The van der Waals surface area contributed by atoms with Crippen molar-refractivity contribution in [2.75, 3.05) is 65.9 Å². The molecule has 0 aliphatic rings. The Balaban J connectivity index is 4.67. The Labute approximate surface area is 411 Å². The number of unbranched alkanes of at least 4 members (excludes halogenated alkanes) is 25. The molecule has 0 heterocycles. The van der Waals surface area contributed by atoms with E-state index in [1.165, 1.54) is 116 Å². The summed E-state index contributed by atoms with van der Waals surface area (Å²) in [6.07, 6.45) is 34.0. The minimum atomic E-state index is -0.803. The molecule has 0 aromatic carbocycles. The van der Waals surface area contributed by atoms with Crippen molar-refractivity contribution < 1.29 is 52.3 Å². The summed E-state index contributed by atoms with van der Waals surface area (Å²) < 4.78 is 39.5. The van der Waals surface area contributed by atoms with Gasteiger partial charge in [0.15, 0.2) is 6.29 Å². The second-order valence-electron chi connectivity index (χ2n) is 18.6. The third-order valence-electron chi connectivity index (χ3n) is 12.3. The van der Waals surface area contributed by atoms with Crippen LogP contribution in [0.3, 0.4) is 0 Å². The topological polar surface area (TPSA) is 136 Å². The minimum Gasteiger partial charge on any atom is -0.466 e. The van der Waals surface area contributed by atoms with E-state index in [9.17, 15) is 19.2 Å². The van der Waals surface area contributed by atoms with Gasteiger partial charge >= 0.3 is 24.1 Å². The zero-order chi connectivity index (χ0) is 49.1. The number of carbonyl (C=O) groups excluding carboxylic acids is 4. The summed E-state index contributed by atoms with van der Waals surface area (Å²) in [5.41, 5.74) is 0. The maximum Gasteiger partial charge on any atom is 0.508 e. The van der Waals surface area contributed by atoms with Crippen LogP contribution in [0.2, 0.25) is 0 Å². The molecule has 0 aromatic rings. The molecule has 1 unspecified atom stereocenters. The number of rotatable bonds is 52. The van der Waals surface area contributed by atoms with Crippen LogP contribution in [0.25, 0.3) is 0 Å². The molecule has 0 spiro atoms. The minimum absolute atomic E-state index is 0.0614. The second-order valence-corrected chi connectivity index (χ2v) is 18.6. The molecule has 1 atom stereocenters. The molecule has 0 rings (SSSR count). The van der Waals surface area contributed by atoms with E-state index < -0.39 is 24.3 Å². The summed E-state index contributed by atoms with van der Waals surface area (Å²) in [7, 11) is 0. The van der Waals surface area contributed by atoms with E-state index in [1.54, 1.807) is 0 Å². The van der Waals surface area contributed by atoms with E-state index in [1.807, 2.05) is 0 Å². The van der Waals surface area contributed by atoms with Gasteiger partial charge in [-0.3, -0.25) is 14.4 Å². The lowest BCUT2D eigenvalue weighted by atomic mass is 10.1. The molecule has 0 amide bonds. The summed E-state index contributed by atoms with van der Waals surface area (Å²) in [4.78, 5) is 52.6. The zero-order valence-electron chi connectivity index (χ0n) is 44.2. The lowest BCUT2D eigenvalue weighted by Crippen LogP contribution is -2.28. The summed E-state index contributed by atoms with van der Waals surface area (Å²) in [5, 5.41) is 0. The third-order valence-corrected chi connectivity index (χ3v) is 12.3. The van der Waals surface area contributed by atoms with Gasteiger partial charge in [0.2, 0.25) is 0 Å². The second kappa shape index (κ2) is 51.4. The molecule has 0 saturated heterocycles. The predicted molar refractivity (Wildman–Crippen MR) is 271 cm³/mol. The van der Waals surface area contributed by atoms with Crippen molar-refractivity contribution in [3.05, 3.63) is 0 Å². The zero-order valence-corrected chi connectivity index (χ0v) is 44.2. The van der Waals surface area contributed by atoms with Gasteiger partial charge in [-0.15, -0.1) is 0 Å². The lowest BCUT2D eigenvalue weighted by Gasteiger charge is -2.20. The molecule has 0 radical (unpaired) electrons. The van der Waals surface area contributed by atoms with Crippen molar-refractivity contribution in [3.63, 3.8) is 0 Å². The van der Waals surface area contributed by atoms with Gasteiger partial charge in [-0.2, -0.15) is 0 Å². The molecular formula is C55H105NO11. The van der Waals surface area contributed by atoms with E-state index in [-0.39, 0.29) is 51.2 Å². The molecule has 0 saturated carbocycles. The summed E-state index contributed by atoms with van der Waals surface area (Å²) >= 11 is 0. The third kappa shape index (κ3) is 47.0. The number of hydrogen-bond acceptors (Lipinski definition) is 12. The molecule has 12 heteroatoms. The maximum absolute atomic E-state index is 13.0. The fourth-order valence-corrected chi connectivity index (χ4v) is 7.84. The van der Waals surface area contributed by atoms with Crippen LogP contribution in [0.5, 0.6) is 0 Å². The fraction of sp³-hybridized carbons (Fsp3) is 0.927. The first-order chi connectivity index (χ1) is 32.8. The van der Waals surface area contributed by atoms with Crippen LogP contribution in [-0.4, -0.2) is 101 Å². The van der Waals surface area contributed by atoms with Gasteiger partial charge in [-0.1, -0.05) is 189 Å². The van der Waals surface area contributed by atoms with E-state index in [0.29, 0.717) is 45.5 Å². The van der Waals surface area contributed by atoms with Crippen molar-refractivity contribution in [1.82, 2.24) is 4.90 Å². The standard InChI is InChI=1S/C55H105NO11/c1-6-11-14-17-20-21-22-23-24-25-31-34-43-61-51(57)38-32-27-26-28-33-39-52(58)65-47-50(49-67-55(60)64-46-37-42-56(9-4)10-5)48-66-53(59)40-41-54(62-44-35-29-18-15-12-7-2)63-45-36-30-19-16-13-8-3/h50,54H,6-49H2,1-5H3. The van der Waals surface area contributed by atoms with Crippen LogP contribution in [0.1, 0.15) is 253 Å². The molecule has 12 nitrogen and oxygen atoms in total. The van der Waals surface area contributed by atoms with Crippen LogP contribution < -0.4 is 0 Å². The number of hydrogen-bond donors (Lipinski definition) is 0. The summed E-state index contributed by atoms with van der Waals surface area (Å²) in [5.74, 6) is -1.45. The van der Waals surface area contributed by atoms with Crippen molar-refractivity contribution >= 4 is 24.1 Å². The monoisotopic (exact) mass is 956 g/mol. The molecule has 0 aromatic heterocycles. The van der Waals surface area contributed by atoms with Crippen molar-refractivity contribution in [3.8, 4) is 0 Å². The van der Waals surface area contributed by atoms with Crippen molar-refractivity contribution in [2.24, 2.45) is 5.92 Å². The molecule has 0 fully saturated rings. The predicted octanol–water partition coefficient (Wildman–Crippen LogP) is 14.4. The first kappa shape index (κ1) is 64.6. The van der Waals surface area contributed by atoms with E-state index in [2.05, 4.69) is 39.5 Å².